The Morgan fingerprint density at radius 2 is 2.00 bits per heavy atom. The van der Waals surface area contributed by atoms with Crippen LogP contribution in [0.25, 0.3) is 0 Å². The second kappa shape index (κ2) is 6.78. The third-order valence-corrected chi connectivity index (χ3v) is 3.38. The number of aliphatic hydroxyl groups is 1. The Hall–Kier alpha value is -1.78. The van der Waals surface area contributed by atoms with Crippen LogP contribution < -0.4 is 9.47 Å². The number of benzene rings is 2. The molecule has 0 unspecified atom stereocenters. The molecule has 0 aromatic heterocycles. The third kappa shape index (κ3) is 3.65. The van der Waals surface area contributed by atoms with E-state index in [1.54, 1.807) is 37.3 Å². The van der Waals surface area contributed by atoms with Gasteiger partial charge < -0.3 is 14.6 Å². The maximum Gasteiger partial charge on any atom is 0.161 e. The van der Waals surface area contributed by atoms with Crippen molar-refractivity contribution in [1.29, 1.82) is 0 Å². The molecule has 21 heavy (non-hydrogen) atoms. The summed E-state index contributed by atoms with van der Waals surface area (Å²) in [7, 11) is 1.51. The van der Waals surface area contributed by atoms with Crippen molar-refractivity contribution in [3.8, 4) is 11.5 Å². The smallest absolute Gasteiger partial charge is 0.161 e. The minimum Gasteiger partial charge on any atom is -0.493 e. The molecule has 0 aliphatic heterocycles. The fraction of sp³-hybridized carbons (Fsp3) is 0.250. The first kappa shape index (κ1) is 15.6. The van der Waals surface area contributed by atoms with Crippen molar-refractivity contribution in [1.82, 2.24) is 0 Å². The normalized spacial score (nSPS) is 12.0. The van der Waals surface area contributed by atoms with Crippen LogP contribution in [0, 0.1) is 5.82 Å². The molecule has 0 aliphatic carbocycles. The first-order valence-electron chi connectivity index (χ1n) is 6.44. The monoisotopic (exact) mass is 310 g/mol. The highest BCUT2D eigenvalue weighted by Gasteiger charge is 2.11. The summed E-state index contributed by atoms with van der Waals surface area (Å²) in [5.41, 5.74) is 1.08. The van der Waals surface area contributed by atoms with Crippen LogP contribution in [0.15, 0.2) is 36.4 Å². The van der Waals surface area contributed by atoms with E-state index in [1.807, 2.05) is 0 Å². The topological polar surface area (TPSA) is 38.7 Å². The fourth-order valence-corrected chi connectivity index (χ4v) is 2.07. The van der Waals surface area contributed by atoms with E-state index in [9.17, 15) is 9.50 Å². The van der Waals surface area contributed by atoms with Gasteiger partial charge in [0.2, 0.25) is 0 Å². The summed E-state index contributed by atoms with van der Waals surface area (Å²) in [6.07, 6.45) is -0.599. The highest BCUT2D eigenvalue weighted by Crippen LogP contribution is 2.31. The lowest BCUT2D eigenvalue weighted by Crippen LogP contribution is -2.01. The first-order valence-corrected chi connectivity index (χ1v) is 6.82. The van der Waals surface area contributed by atoms with Crippen molar-refractivity contribution in [3.63, 3.8) is 0 Å². The molecule has 0 bridgehead atoms. The number of methoxy groups -OCH3 is 1. The molecular formula is C16H16ClFO3. The standard InChI is InChI=1S/C16H16ClFO3/c1-10(19)11-6-7-14(15(8-11)20-2)21-9-12-4-3-5-13(17)16(12)18/h3-8,10,19H,9H2,1-2H3/t10-/m1/s1. The molecule has 112 valence electrons. The molecule has 0 radical (unpaired) electrons. The van der Waals surface area contributed by atoms with Crippen molar-refractivity contribution in [2.75, 3.05) is 7.11 Å². The maximum atomic E-state index is 13.8. The van der Waals surface area contributed by atoms with Gasteiger partial charge in [0.25, 0.3) is 0 Å². The van der Waals surface area contributed by atoms with Crippen LogP contribution in [-0.4, -0.2) is 12.2 Å². The van der Waals surface area contributed by atoms with Crippen molar-refractivity contribution in [3.05, 3.63) is 58.4 Å². The van der Waals surface area contributed by atoms with Gasteiger partial charge in [-0.2, -0.15) is 0 Å². The van der Waals surface area contributed by atoms with E-state index in [0.717, 1.165) is 0 Å². The molecule has 0 saturated heterocycles. The van der Waals surface area contributed by atoms with E-state index < -0.39 is 11.9 Å². The molecule has 0 aliphatic rings. The fourth-order valence-electron chi connectivity index (χ4n) is 1.88. The molecule has 1 N–H and O–H groups in total. The highest BCUT2D eigenvalue weighted by molar-refractivity contribution is 6.30. The summed E-state index contributed by atoms with van der Waals surface area (Å²) in [4.78, 5) is 0. The zero-order valence-corrected chi connectivity index (χ0v) is 12.5. The molecule has 0 fully saturated rings. The summed E-state index contributed by atoms with van der Waals surface area (Å²) in [5, 5.41) is 9.61. The van der Waals surface area contributed by atoms with Gasteiger partial charge in [-0.3, -0.25) is 0 Å². The average Bonchev–Trinajstić information content (AvgIpc) is 2.48. The highest BCUT2D eigenvalue weighted by atomic mass is 35.5. The van der Waals surface area contributed by atoms with Gasteiger partial charge in [0, 0.05) is 5.56 Å². The molecular weight excluding hydrogens is 295 g/mol. The summed E-state index contributed by atoms with van der Waals surface area (Å²) in [5.74, 6) is 0.468. The predicted octanol–water partition coefficient (Wildman–Crippen LogP) is 4.12. The lowest BCUT2D eigenvalue weighted by molar-refractivity contribution is 0.198. The Morgan fingerprint density at radius 1 is 1.24 bits per heavy atom. The van der Waals surface area contributed by atoms with E-state index in [2.05, 4.69) is 0 Å². The largest absolute Gasteiger partial charge is 0.493 e. The molecule has 3 nitrogen and oxygen atoms in total. The lowest BCUT2D eigenvalue weighted by Gasteiger charge is -2.13. The van der Waals surface area contributed by atoms with Crippen LogP contribution in [0.2, 0.25) is 5.02 Å². The number of halogens is 2. The molecule has 0 heterocycles. The van der Waals surface area contributed by atoms with Crippen molar-refractivity contribution in [2.24, 2.45) is 0 Å². The number of hydrogen-bond acceptors (Lipinski definition) is 3. The third-order valence-electron chi connectivity index (χ3n) is 3.08. The second-order valence-corrected chi connectivity index (χ2v) is 5.00. The van der Waals surface area contributed by atoms with Crippen LogP contribution >= 0.6 is 11.6 Å². The zero-order valence-electron chi connectivity index (χ0n) is 11.8. The SMILES string of the molecule is COc1cc([C@@H](C)O)ccc1OCc1cccc(Cl)c1F. The quantitative estimate of drug-likeness (QED) is 0.903. The molecule has 2 rings (SSSR count). The van der Waals surface area contributed by atoms with Crippen LogP contribution in [0.3, 0.4) is 0 Å². The van der Waals surface area contributed by atoms with Crippen molar-refractivity contribution < 1.29 is 19.0 Å². The van der Waals surface area contributed by atoms with Gasteiger partial charge in [0.15, 0.2) is 11.5 Å². The van der Waals surface area contributed by atoms with Crippen LogP contribution in [0.5, 0.6) is 11.5 Å². The summed E-state index contributed by atoms with van der Waals surface area (Å²) in [6.45, 7) is 1.70. The molecule has 0 saturated carbocycles. The van der Waals surface area contributed by atoms with Crippen molar-refractivity contribution >= 4 is 11.6 Å². The van der Waals surface area contributed by atoms with Crippen LogP contribution in [0.1, 0.15) is 24.2 Å². The lowest BCUT2D eigenvalue weighted by atomic mass is 10.1. The molecule has 0 spiro atoms. The molecule has 1 atom stereocenters. The summed E-state index contributed by atoms with van der Waals surface area (Å²) < 4.78 is 24.6. The Kier molecular flexibility index (Phi) is 5.04. The van der Waals surface area contributed by atoms with Crippen LogP contribution in [0.4, 0.5) is 4.39 Å². The number of ether oxygens (including phenoxy) is 2. The van der Waals surface area contributed by atoms with Gasteiger partial charge >= 0.3 is 0 Å². The Balaban J connectivity index is 2.18. The first-order chi connectivity index (χ1) is 10.0. The van der Waals surface area contributed by atoms with Gasteiger partial charge in [0.05, 0.1) is 18.2 Å². The number of aliphatic hydroxyl groups excluding tert-OH is 1. The zero-order chi connectivity index (χ0) is 15.4. The number of hydrogen-bond donors (Lipinski definition) is 1. The minimum atomic E-state index is -0.599. The second-order valence-electron chi connectivity index (χ2n) is 4.59. The van der Waals surface area contributed by atoms with Crippen LogP contribution in [-0.2, 0) is 6.61 Å². The van der Waals surface area contributed by atoms with Gasteiger partial charge in [0.1, 0.15) is 12.4 Å². The Morgan fingerprint density at radius 3 is 2.67 bits per heavy atom. The van der Waals surface area contributed by atoms with Gasteiger partial charge in [-0.25, -0.2) is 4.39 Å². The van der Waals surface area contributed by atoms with Gasteiger partial charge in [-0.15, -0.1) is 0 Å². The van der Waals surface area contributed by atoms with E-state index in [1.165, 1.54) is 13.2 Å². The van der Waals surface area contributed by atoms with E-state index >= 15 is 0 Å². The predicted molar refractivity (Wildman–Crippen MR) is 79.4 cm³/mol. The summed E-state index contributed by atoms with van der Waals surface area (Å²) in [6, 6.07) is 9.86. The average molecular weight is 311 g/mol. The molecule has 5 heteroatoms. The molecule has 2 aromatic carbocycles. The Bertz CT molecular complexity index is 629. The van der Waals surface area contributed by atoms with Gasteiger partial charge in [-0.1, -0.05) is 29.8 Å². The molecule has 2 aromatic rings. The van der Waals surface area contributed by atoms with E-state index in [4.69, 9.17) is 21.1 Å². The Labute approximate surface area is 127 Å². The number of rotatable bonds is 5. The maximum absolute atomic E-state index is 13.8. The minimum absolute atomic E-state index is 0.0385. The van der Waals surface area contributed by atoms with E-state index in [-0.39, 0.29) is 11.6 Å². The molecule has 0 amide bonds. The van der Waals surface area contributed by atoms with Crippen molar-refractivity contribution in [2.45, 2.75) is 19.6 Å². The summed E-state index contributed by atoms with van der Waals surface area (Å²) >= 11 is 5.73. The van der Waals surface area contributed by atoms with Gasteiger partial charge in [-0.05, 0) is 30.7 Å². The van der Waals surface area contributed by atoms with E-state index in [0.29, 0.717) is 22.6 Å².